The Balaban J connectivity index is 1.17. The van der Waals surface area contributed by atoms with Crippen LogP contribution in [-0.4, -0.2) is 54.9 Å². The molecule has 0 unspecified atom stereocenters. The average molecular weight is 597 g/mol. The number of hydrogen-bond donors (Lipinski definition) is 2. The van der Waals surface area contributed by atoms with Crippen molar-refractivity contribution >= 4 is 15.8 Å². The molecule has 0 bridgehead atoms. The van der Waals surface area contributed by atoms with Gasteiger partial charge in [-0.1, -0.05) is 12.1 Å². The van der Waals surface area contributed by atoms with Crippen molar-refractivity contribution in [1.82, 2.24) is 0 Å². The Labute approximate surface area is 244 Å². The van der Waals surface area contributed by atoms with Gasteiger partial charge in [0.2, 0.25) is 0 Å². The smallest absolute Gasteiger partial charge is 0.307 e. The molecule has 2 atom stereocenters. The minimum absolute atomic E-state index is 0.0255. The number of halogens is 1. The van der Waals surface area contributed by atoms with E-state index in [1.807, 2.05) is 37.3 Å². The Bertz CT molecular complexity index is 1640. The summed E-state index contributed by atoms with van der Waals surface area (Å²) in [5.74, 6) is -0.510. The van der Waals surface area contributed by atoms with Crippen LogP contribution in [0.3, 0.4) is 0 Å². The minimum Gasteiger partial charge on any atom is -0.493 e. The largest absolute Gasteiger partial charge is 0.493 e. The molecule has 8 nitrogen and oxygen atoms in total. The van der Waals surface area contributed by atoms with Gasteiger partial charge in [-0.15, -0.1) is 0 Å². The zero-order valence-electron chi connectivity index (χ0n) is 23.3. The standard InChI is InChI=1S/C32H33FO8S/c1-19-12-23(41-18-32(36)7-10-42(37,38)11-8-32)14-21-6-9-39-29-5-2-20(13-27(29)30(19)21)17-40-22-3-4-24(28(33)15-22)25-16-26(25)31(34)35/h2-5,12-15,25-26,36H,6-11,16-18H2,1H3,(H,34,35)/t25-,26+/m1/s1. The highest BCUT2D eigenvalue weighted by atomic mass is 32.2. The van der Waals surface area contributed by atoms with E-state index in [0.717, 1.165) is 33.6 Å². The highest BCUT2D eigenvalue weighted by Crippen LogP contribution is 2.48. The second-order valence-electron chi connectivity index (χ2n) is 11.6. The van der Waals surface area contributed by atoms with Gasteiger partial charge in [0.25, 0.3) is 0 Å². The first-order valence-electron chi connectivity index (χ1n) is 14.1. The lowest BCUT2D eigenvalue weighted by Gasteiger charge is -2.31. The number of aryl methyl sites for hydroxylation is 1. The topological polar surface area (TPSA) is 119 Å². The highest BCUT2D eigenvalue weighted by molar-refractivity contribution is 7.91. The Hall–Kier alpha value is -3.63. The molecule has 2 aliphatic heterocycles. The van der Waals surface area contributed by atoms with Gasteiger partial charge in [0.05, 0.1) is 24.0 Å². The first-order valence-corrected chi connectivity index (χ1v) is 15.9. The molecule has 10 heteroatoms. The maximum atomic E-state index is 14.7. The summed E-state index contributed by atoms with van der Waals surface area (Å²) in [7, 11) is -3.09. The molecule has 0 amide bonds. The molecule has 1 saturated carbocycles. The van der Waals surface area contributed by atoms with Crippen LogP contribution in [0.25, 0.3) is 11.1 Å². The predicted molar refractivity (Wildman–Crippen MR) is 153 cm³/mol. The zero-order chi connectivity index (χ0) is 29.6. The molecule has 1 saturated heterocycles. The van der Waals surface area contributed by atoms with E-state index >= 15 is 0 Å². The Kier molecular flexibility index (Phi) is 7.39. The van der Waals surface area contributed by atoms with Gasteiger partial charge in [-0.2, -0.15) is 0 Å². The molecule has 2 heterocycles. The van der Waals surface area contributed by atoms with E-state index in [-0.39, 0.29) is 43.5 Å². The number of ether oxygens (including phenoxy) is 3. The van der Waals surface area contributed by atoms with Gasteiger partial charge in [0.1, 0.15) is 41.9 Å². The summed E-state index contributed by atoms with van der Waals surface area (Å²) < 4.78 is 56.2. The first-order chi connectivity index (χ1) is 20.0. The van der Waals surface area contributed by atoms with Gasteiger partial charge in [-0.3, -0.25) is 4.79 Å². The van der Waals surface area contributed by atoms with Gasteiger partial charge in [0, 0.05) is 24.0 Å². The van der Waals surface area contributed by atoms with Crippen molar-refractivity contribution in [3.8, 4) is 28.4 Å². The van der Waals surface area contributed by atoms with Crippen molar-refractivity contribution < 1.29 is 42.0 Å². The SMILES string of the molecule is Cc1cc(OCC2(O)CCS(=O)(=O)CC2)cc2c1-c1cc(COc3ccc([C@H]4C[C@@H]4C(=O)O)c(F)c3)ccc1OCC2. The van der Waals surface area contributed by atoms with Crippen LogP contribution in [0.5, 0.6) is 17.2 Å². The number of fused-ring (bicyclic) bond motifs is 3. The molecule has 3 aromatic rings. The average Bonchev–Trinajstić information content (AvgIpc) is 3.76. The molecule has 2 N–H and O–H groups in total. The van der Waals surface area contributed by atoms with Crippen LogP contribution in [0.2, 0.25) is 0 Å². The number of aliphatic carboxylic acids is 1. The van der Waals surface area contributed by atoms with Crippen molar-refractivity contribution in [2.45, 2.75) is 50.7 Å². The number of carbonyl (C=O) groups is 1. The summed E-state index contributed by atoms with van der Waals surface area (Å²) in [5.41, 5.74) is 4.08. The third kappa shape index (κ3) is 5.96. The minimum atomic E-state index is -3.09. The zero-order valence-corrected chi connectivity index (χ0v) is 24.1. The van der Waals surface area contributed by atoms with Crippen LogP contribution in [0.1, 0.15) is 47.4 Å². The molecule has 42 heavy (non-hydrogen) atoms. The summed E-state index contributed by atoms with van der Waals surface area (Å²) in [4.78, 5) is 11.2. The van der Waals surface area contributed by atoms with Crippen LogP contribution in [0, 0.1) is 18.7 Å². The van der Waals surface area contributed by atoms with Crippen molar-refractivity contribution in [2.75, 3.05) is 24.7 Å². The van der Waals surface area contributed by atoms with E-state index in [1.54, 1.807) is 12.1 Å². The molecule has 222 valence electrons. The molecule has 1 aliphatic carbocycles. The molecule has 0 radical (unpaired) electrons. The van der Waals surface area contributed by atoms with Crippen LogP contribution in [0.4, 0.5) is 4.39 Å². The number of aliphatic hydroxyl groups is 1. The number of rotatable bonds is 8. The summed E-state index contributed by atoms with van der Waals surface area (Å²) >= 11 is 0. The molecule has 6 rings (SSSR count). The maximum Gasteiger partial charge on any atom is 0.307 e. The monoisotopic (exact) mass is 596 g/mol. The number of carboxylic acids is 1. The summed E-state index contributed by atoms with van der Waals surface area (Å²) in [6.45, 7) is 2.70. The van der Waals surface area contributed by atoms with Gasteiger partial charge >= 0.3 is 5.97 Å². The fourth-order valence-electron chi connectivity index (χ4n) is 5.91. The lowest BCUT2D eigenvalue weighted by molar-refractivity contribution is -0.138. The first kappa shape index (κ1) is 28.5. The van der Waals surface area contributed by atoms with E-state index in [1.165, 1.54) is 6.07 Å². The van der Waals surface area contributed by atoms with Crippen LogP contribution >= 0.6 is 0 Å². The summed E-state index contributed by atoms with van der Waals surface area (Å²) in [6.07, 6.45) is 1.43. The Morgan fingerprint density at radius 2 is 1.86 bits per heavy atom. The van der Waals surface area contributed by atoms with E-state index < -0.39 is 33.1 Å². The molecule has 0 aromatic heterocycles. The quantitative estimate of drug-likeness (QED) is 0.380. The normalized spacial score (nSPS) is 21.7. The predicted octanol–water partition coefficient (Wildman–Crippen LogP) is 4.82. The van der Waals surface area contributed by atoms with Crippen molar-refractivity contribution in [3.63, 3.8) is 0 Å². The van der Waals surface area contributed by atoms with E-state index in [9.17, 15) is 22.7 Å². The number of sulfone groups is 1. The molecule has 3 aliphatic rings. The highest BCUT2D eigenvalue weighted by Gasteiger charge is 2.45. The van der Waals surface area contributed by atoms with Crippen molar-refractivity contribution in [2.24, 2.45) is 5.92 Å². The number of hydrogen-bond acceptors (Lipinski definition) is 7. The molecular formula is C32H33FO8S. The fourth-order valence-corrected chi connectivity index (χ4v) is 7.49. The molecule has 0 spiro atoms. The summed E-state index contributed by atoms with van der Waals surface area (Å²) in [5, 5.41) is 20.0. The summed E-state index contributed by atoms with van der Waals surface area (Å²) in [6, 6.07) is 14.3. The third-order valence-electron chi connectivity index (χ3n) is 8.48. The van der Waals surface area contributed by atoms with Gasteiger partial charge in [-0.05, 0) is 84.3 Å². The van der Waals surface area contributed by atoms with Crippen molar-refractivity contribution in [3.05, 3.63) is 76.6 Å². The van der Waals surface area contributed by atoms with E-state index in [2.05, 4.69) is 0 Å². The third-order valence-corrected chi connectivity index (χ3v) is 10.1. The maximum absolute atomic E-state index is 14.7. The molecule has 3 aromatic carbocycles. The Morgan fingerprint density at radius 3 is 2.57 bits per heavy atom. The number of benzene rings is 3. The van der Waals surface area contributed by atoms with E-state index in [4.69, 9.17) is 19.3 Å². The fraction of sp³-hybridized carbons (Fsp3) is 0.406. The van der Waals surface area contributed by atoms with Crippen LogP contribution in [-0.2, 0) is 27.7 Å². The van der Waals surface area contributed by atoms with E-state index in [0.29, 0.717) is 36.5 Å². The second kappa shape index (κ2) is 10.9. The van der Waals surface area contributed by atoms with Crippen LogP contribution in [0.15, 0.2) is 48.5 Å². The number of carboxylic acid groups (broad SMARTS) is 1. The molecular weight excluding hydrogens is 563 g/mol. The second-order valence-corrected chi connectivity index (χ2v) is 13.9. The lowest BCUT2D eigenvalue weighted by atomic mass is 9.92. The van der Waals surface area contributed by atoms with Crippen molar-refractivity contribution in [1.29, 1.82) is 0 Å². The van der Waals surface area contributed by atoms with Gasteiger partial charge in [-0.25, -0.2) is 12.8 Å². The van der Waals surface area contributed by atoms with Crippen LogP contribution < -0.4 is 14.2 Å². The lowest BCUT2D eigenvalue weighted by Crippen LogP contribution is -2.43. The molecule has 2 fully saturated rings. The van der Waals surface area contributed by atoms with Gasteiger partial charge < -0.3 is 24.4 Å². The van der Waals surface area contributed by atoms with Gasteiger partial charge in [0.15, 0.2) is 9.84 Å². The Morgan fingerprint density at radius 1 is 1.07 bits per heavy atom.